The zero-order valence-electron chi connectivity index (χ0n) is 6.42. The van der Waals surface area contributed by atoms with Gasteiger partial charge in [-0.3, -0.25) is 0 Å². The Kier molecular flexibility index (Phi) is 1.46. The first kappa shape index (κ1) is 6.62. The van der Waals surface area contributed by atoms with E-state index in [4.69, 9.17) is 0 Å². The van der Waals surface area contributed by atoms with Crippen LogP contribution in [0.15, 0.2) is 0 Å². The molecule has 0 spiro atoms. The van der Waals surface area contributed by atoms with Crippen molar-refractivity contribution in [2.24, 2.45) is 11.8 Å². The minimum atomic E-state index is -0.226. The SMILES string of the molecule is CN1CC2CCC(C1)C2[O]. The molecule has 1 saturated heterocycles. The molecule has 10 heavy (non-hydrogen) atoms. The lowest BCUT2D eigenvalue weighted by Gasteiger charge is -2.31. The Hall–Kier alpha value is -0.0800. The molecule has 1 aliphatic heterocycles. The van der Waals surface area contributed by atoms with E-state index in [0.717, 1.165) is 13.1 Å². The standard InChI is InChI=1S/C8H14NO/c1-9-4-6-2-3-7(5-9)8(6)10/h6-8H,2-5H2,1H3. The number of piperidine rings is 1. The van der Waals surface area contributed by atoms with Crippen molar-refractivity contribution >= 4 is 0 Å². The first-order valence-corrected chi connectivity index (χ1v) is 4.12. The largest absolute Gasteiger partial charge is 0.306 e. The highest BCUT2D eigenvalue weighted by Crippen LogP contribution is 2.36. The summed E-state index contributed by atoms with van der Waals surface area (Å²) in [5.41, 5.74) is 0. The molecule has 1 radical (unpaired) electrons. The molecule has 2 unspecified atom stereocenters. The Morgan fingerprint density at radius 2 is 1.70 bits per heavy atom. The molecule has 2 aliphatic rings. The lowest BCUT2D eigenvalue weighted by molar-refractivity contribution is -0.0235. The average Bonchev–Trinajstić information content (AvgIpc) is 2.20. The van der Waals surface area contributed by atoms with Gasteiger partial charge in [0.1, 0.15) is 6.10 Å². The lowest BCUT2D eigenvalue weighted by Crippen LogP contribution is -2.41. The zero-order valence-corrected chi connectivity index (χ0v) is 6.42. The van der Waals surface area contributed by atoms with E-state index in [9.17, 15) is 5.11 Å². The fourth-order valence-corrected chi connectivity index (χ4v) is 2.41. The highest BCUT2D eigenvalue weighted by atomic mass is 16.3. The Morgan fingerprint density at radius 3 is 2.20 bits per heavy atom. The highest BCUT2D eigenvalue weighted by Gasteiger charge is 2.40. The van der Waals surface area contributed by atoms with Gasteiger partial charge in [0.15, 0.2) is 0 Å². The maximum absolute atomic E-state index is 11.4. The van der Waals surface area contributed by atoms with Crippen LogP contribution < -0.4 is 0 Å². The molecular formula is C8H14NO. The van der Waals surface area contributed by atoms with Crippen molar-refractivity contribution in [2.75, 3.05) is 20.1 Å². The van der Waals surface area contributed by atoms with Crippen molar-refractivity contribution in [3.8, 4) is 0 Å². The van der Waals surface area contributed by atoms with Gasteiger partial charge in [-0.05, 0) is 19.9 Å². The molecule has 0 aromatic rings. The molecule has 1 saturated carbocycles. The summed E-state index contributed by atoms with van der Waals surface area (Å²) in [7, 11) is 2.12. The molecule has 2 fully saturated rings. The van der Waals surface area contributed by atoms with E-state index in [1.54, 1.807) is 0 Å². The number of likely N-dealkylation sites (tertiary alicyclic amines) is 1. The maximum Gasteiger partial charge on any atom is 0.101 e. The van der Waals surface area contributed by atoms with Gasteiger partial charge in [0.05, 0.1) is 0 Å². The van der Waals surface area contributed by atoms with Crippen LogP contribution in [0.3, 0.4) is 0 Å². The van der Waals surface area contributed by atoms with E-state index < -0.39 is 0 Å². The fourth-order valence-electron chi connectivity index (χ4n) is 2.41. The van der Waals surface area contributed by atoms with E-state index in [1.165, 1.54) is 12.8 Å². The van der Waals surface area contributed by atoms with Gasteiger partial charge >= 0.3 is 0 Å². The van der Waals surface area contributed by atoms with Gasteiger partial charge < -0.3 is 4.90 Å². The molecule has 57 valence electrons. The van der Waals surface area contributed by atoms with Crippen molar-refractivity contribution in [3.05, 3.63) is 0 Å². The van der Waals surface area contributed by atoms with Gasteiger partial charge in [0.2, 0.25) is 0 Å². The quantitative estimate of drug-likeness (QED) is 0.487. The van der Waals surface area contributed by atoms with Gasteiger partial charge in [0, 0.05) is 24.9 Å². The second-order valence-electron chi connectivity index (χ2n) is 3.78. The number of nitrogens with zero attached hydrogens (tertiary/aromatic N) is 1. The van der Waals surface area contributed by atoms with Gasteiger partial charge in [0.25, 0.3) is 0 Å². The first-order valence-electron chi connectivity index (χ1n) is 4.12. The van der Waals surface area contributed by atoms with Gasteiger partial charge in [-0.2, -0.15) is 0 Å². The Labute approximate surface area is 61.8 Å². The maximum atomic E-state index is 11.4. The summed E-state index contributed by atoms with van der Waals surface area (Å²) in [5, 5.41) is 11.4. The van der Waals surface area contributed by atoms with Crippen molar-refractivity contribution in [3.63, 3.8) is 0 Å². The minimum absolute atomic E-state index is 0.226. The zero-order chi connectivity index (χ0) is 7.14. The number of rotatable bonds is 0. The molecule has 0 N–H and O–H groups in total. The minimum Gasteiger partial charge on any atom is -0.306 e. The third-order valence-electron chi connectivity index (χ3n) is 2.93. The number of hydrogen-bond acceptors (Lipinski definition) is 1. The summed E-state index contributed by atoms with van der Waals surface area (Å²) in [4.78, 5) is 2.30. The predicted octanol–water partition coefficient (Wildman–Crippen LogP) is 0.757. The normalized spacial score (nSPS) is 48.0. The second-order valence-corrected chi connectivity index (χ2v) is 3.78. The summed E-state index contributed by atoms with van der Waals surface area (Å²) in [6.07, 6.45) is 2.14. The van der Waals surface area contributed by atoms with E-state index in [-0.39, 0.29) is 6.10 Å². The summed E-state index contributed by atoms with van der Waals surface area (Å²) in [5.74, 6) is 0.951. The van der Waals surface area contributed by atoms with Crippen LogP contribution in [-0.2, 0) is 5.11 Å². The first-order chi connectivity index (χ1) is 4.77. The summed E-state index contributed by atoms with van der Waals surface area (Å²) < 4.78 is 0. The summed E-state index contributed by atoms with van der Waals surface area (Å²) in [6, 6.07) is 0. The van der Waals surface area contributed by atoms with Gasteiger partial charge in [-0.25, -0.2) is 5.11 Å². The van der Waals surface area contributed by atoms with Crippen molar-refractivity contribution in [1.29, 1.82) is 0 Å². The topological polar surface area (TPSA) is 23.1 Å². The van der Waals surface area contributed by atoms with E-state index in [2.05, 4.69) is 11.9 Å². The lowest BCUT2D eigenvalue weighted by atomic mass is 9.96. The second kappa shape index (κ2) is 2.21. The van der Waals surface area contributed by atoms with Crippen LogP contribution in [0.2, 0.25) is 0 Å². The monoisotopic (exact) mass is 140 g/mol. The predicted molar refractivity (Wildman–Crippen MR) is 38.2 cm³/mol. The van der Waals surface area contributed by atoms with Crippen LogP contribution in [-0.4, -0.2) is 31.1 Å². The Morgan fingerprint density at radius 1 is 1.20 bits per heavy atom. The van der Waals surface area contributed by atoms with Gasteiger partial charge in [-0.15, -0.1) is 0 Å². The molecule has 1 heterocycles. The third kappa shape index (κ3) is 0.867. The molecule has 1 aliphatic carbocycles. The molecule has 0 aromatic heterocycles. The Bertz CT molecular complexity index is 123. The molecule has 2 atom stereocenters. The molecule has 0 amide bonds. The van der Waals surface area contributed by atoms with Crippen molar-refractivity contribution < 1.29 is 5.11 Å². The molecule has 2 bridgehead atoms. The molecule has 2 heteroatoms. The molecule has 2 nitrogen and oxygen atoms in total. The van der Waals surface area contributed by atoms with Crippen molar-refractivity contribution in [2.45, 2.75) is 18.9 Å². The third-order valence-corrected chi connectivity index (χ3v) is 2.93. The van der Waals surface area contributed by atoms with Crippen LogP contribution in [0.1, 0.15) is 12.8 Å². The van der Waals surface area contributed by atoms with Crippen LogP contribution in [0.4, 0.5) is 0 Å². The highest BCUT2D eigenvalue weighted by molar-refractivity contribution is 4.91. The molecular weight excluding hydrogens is 126 g/mol. The average molecular weight is 140 g/mol. The summed E-state index contributed by atoms with van der Waals surface area (Å²) >= 11 is 0. The number of fused-ring (bicyclic) bond motifs is 2. The fraction of sp³-hybridized carbons (Fsp3) is 1.00. The Balaban J connectivity index is 2.09. The van der Waals surface area contributed by atoms with Crippen molar-refractivity contribution in [1.82, 2.24) is 4.90 Å². The van der Waals surface area contributed by atoms with E-state index in [1.807, 2.05) is 0 Å². The van der Waals surface area contributed by atoms with E-state index in [0.29, 0.717) is 11.8 Å². The van der Waals surface area contributed by atoms with E-state index >= 15 is 0 Å². The number of hydrogen-bond donors (Lipinski definition) is 0. The summed E-state index contributed by atoms with van der Waals surface area (Å²) in [6.45, 7) is 2.09. The van der Waals surface area contributed by atoms with Gasteiger partial charge in [-0.1, -0.05) is 0 Å². The van der Waals surface area contributed by atoms with Crippen LogP contribution in [0.5, 0.6) is 0 Å². The van der Waals surface area contributed by atoms with Crippen LogP contribution >= 0.6 is 0 Å². The van der Waals surface area contributed by atoms with Crippen LogP contribution in [0, 0.1) is 11.8 Å². The van der Waals surface area contributed by atoms with Crippen LogP contribution in [0.25, 0.3) is 0 Å². The molecule has 0 aromatic carbocycles. The molecule has 2 rings (SSSR count). The smallest absolute Gasteiger partial charge is 0.101 e.